The molecule has 8 rings (SSSR count). The lowest BCUT2D eigenvalue weighted by Crippen LogP contribution is -2.16. The van der Waals surface area contributed by atoms with Crippen molar-refractivity contribution >= 4 is 24.3 Å². The quantitative estimate of drug-likeness (QED) is 0.181. The van der Waals surface area contributed by atoms with Crippen molar-refractivity contribution in [1.29, 1.82) is 0 Å². The molecular formula is C47H62N6. The summed E-state index contributed by atoms with van der Waals surface area (Å²) in [6, 6.07) is 4.27. The second-order valence-electron chi connectivity index (χ2n) is 18.0. The van der Waals surface area contributed by atoms with Gasteiger partial charge in [0.05, 0.1) is 34.2 Å². The number of allylic oxidation sites excluding steroid dienone is 4. The van der Waals surface area contributed by atoms with Crippen LogP contribution in [0.4, 0.5) is 0 Å². The number of rotatable bonds is 0. The van der Waals surface area contributed by atoms with Crippen LogP contribution in [0.5, 0.6) is 0 Å². The first kappa shape index (κ1) is 41.2. The van der Waals surface area contributed by atoms with Gasteiger partial charge in [-0.05, 0) is 45.2 Å². The van der Waals surface area contributed by atoms with E-state index >= 15 is 0 Å². The molecule has 0 atom stereocenters. The highest BCUT2D eigenvalue weighted by molar-refractivity contribution is 5.64. The Morgan fingerprint density at radius 2 is 0.679 bits per heavy atom. The summed E-state index contributed by atoms with van der Waals surface area (Å²) >= 11 is 0. The first-order chi connectivity index (χ1) is 24.4. The van der Waals surface area contributed by atoms with Crippen molar-refractivity contribution in [3.05, 3.63) is 129 Å². The molecule has 0 fully saturated rings. The first-order valence-corrected chi connectivity index (χ1v) is 18.7. The molecule has 53 heavy (non-hydrogen) atoms. The van der Waals surface area contributed by atoms with Gasteiger partial charge in [0.1, 0.15) is 12.7 Å². The molecule has 0 amide bonds. The third-order valence-corrected chi connectivity index (χ3v) is 9.50. The minimum atomic E-state index is 0. The fourth-order valence-corrected chi connectivity index (χ4v) is 6.93. The van der Waals surface area contributed by atoms with E-state index in [9.17, 15) is 0 Å². The Hall–Kier alpha value is -4.58. The molecule has 280 valence electrons. The summed E-state index contributed by atoms with van der Waals surface area (Å²) in [7, 11) is 0. The molecule has 0 bridgehead atoms. The van der Waals surface area contributed by atoms with Crippen LogP contribution in [0.25, 0.3) is 24.3 Å². The van der Waals surface area contributed by atoms with Crippen LogP contribution in [-0.4, -0.2) is 29.9 Å². The highest BCUT2D eigenvalue weighted by Gasteiger charge is 2.24. The summed E-state index contributed by atoms with van der Waals surface area (Å²) in [6.07, 6.45) is 28.4. The fraction of sp³-hybridized carbons (Fsp3) is 0.447. The molecule has 0 saturated carbocycles. The molecule has 4 heterocycles. The van der Waals surface area contributed by atoms with E-state index in [1.807, 2.05) is 12.4 Å². The molecule has 4 aliphatic rings. The Labute approximate surface area is 320 Å². The summed E-state index contributed by atoms with van der Waals surface area (Å²) in [5, 5.41) is 0. The number of pyridine rings is 2. The summed E-state index contributed by atoms with van der Waals surface area (Å²) in [5.41, 5.74) is 15.7. The molecule has 0 spiro atoms. The lowest BCUT2D eigenvalue weighted by atomic mass is 9.84. The minimum Gasteiger partial charge on any atom is -0.260 e. The van der Waals surface area contributed by atoms with E-state index in [4.69, 9.17) is 0 Å². The number of nitrogens with zero attached hydrogens (tertiary/aromatic N) is 6. The summed E-state index contributed by atoms with van der Waals surface area (Å²) < 4.78 is 0. The maximum absolute atomic E-state index is 4.37. The average molecular weight is 711 g/mol. The van der Waals surface area contributed by atoms with Crippen LogP contribution in [0.3, 0.4) is 0 Å². The van der Waals surface area contributed by atoms with E-state index < -0.39 is 0 Å². The molecule has 0 aliphatic heterocycles. The van der Waals surface area contributed by atoms with E-state index in [1.54, 1.807) is 12.7 Å². The zero-order valence-corrected chi connectivity index (χ0v) is 33.6. The monoisotopic (exact) mass is 711 g/mol. The number of aromatic nitrogens is 6. The van der Waals surface area contributed by atoms with E-state index in [-0.39, 0.29) is 29.1 Å². The zero-order chi connectivity index (χ0) is 37.9. The van der Waals surface area contributed by atoms with Crippen LogP contribution >= 0.6 is 0 Å². The van der Waals surface area contributed by atoms with Crippen LogP contribution < -0.4 is 0 Å². The van der Waals surface area contributed by atoms with Gasteiger partial charge in [0, 0.05) is 60.0 Å². The van der Waals surface area contributed by atoms with Crippen molar-refractivity contribution in [2.45, 2.75) is 138 Å². The van der Waals surface area contributed by atoms with Gasteiger partial charge in [-0.2, -0.15) is 0 Å². The van der Waals surface area contributed by atoms with E-state index in [0.717, 1.165) is 37.1 Å². The molecule has 6 heteroatoms. The van der Waals surface area contributed by atoms with Gasteiger partial charge in [-0.3, -0.25) is 9.97 Å². The highest BCUT2D eigenvalue weighted by atomic mass is 14.9. The minimum absolute atomic E-state index is 0. The smallest absolute Gasteiger partial charge is 0.116 e. The van der Waals surface area contributed by atoms with Crippen molar-refractivity contribution < 1.29 is 0 Å². The average Bonchev–Trinajstić information content (AvgIpc) is 3.89. The van der Waals surface area contributed by atoms with Crippen molar-refractivity contribution in [2.24, 2.45) is 0 Å². The molecule has 6 nitrogen and oxygen atoms in total. The fourth-order valence-electron chi connectivity index (χ4n) is 6.93. The molecule has 0 saturated heterocycles. The number of hydrogen-bond donors (Lipinski definition) is 0. The van der Waals surface area contributed by atoms with Gasteiger partial charge >= 0.3 is 0 Å². The molecule has 0 N–H and O–H groups in total. The van der Waals surface area contributed by atoms with E-state index in [2.05, 4.69) is 174 Å². The van der Waals surface area contributed by atoms with Crippen molar-refractivity contribution in [3.63, 3.8) is 0 Å². The van der Waals surface area contributed by atoms with Crippen LogP contribution in [0.15, 0.2) is 61.5 Å². The van der Waals surface area contributed by atoms with Crippen LogP contribution in [-0.2, 0) is 47.3 Å². The largest absolute Gasteiger partial charge is 0.260 e. The topological polar surface area (TPSA) is 77.3 Å². The molecule has 0 unspecified atom stereocenters. The summed E-state index contributed by atoms with van der Waals surface area (Å²) in [4.78, 5) is 26.0. The van der Waals surface area contributed by atoms with Gasteiger partial charge in [0.15, 0.2) is 0 Å². The summed E-state index contributed by atoms with van der Waals surface area (Å²) in [6.45, 7) is 26.6. The van der Waals surface area contributed by atoms with Gasteiger partial charge in [-0.25, -0.2) is 19.9 Å². The van der Waals surface area contributed by atoms with E-state index in [1.165, 1.54) is 56.2 Å². The van der Waals surface area contributed by atoms with Crippen LogP contribution in [0, 0.1) is 0 Å². The SMILES string of the molecule is C.CC(C)(C)c1ccnc2c1C=CC2.CC(C)(C)c1ccnc2c1C=CC2.CC(C)(C)c1ncnc2c1C=CC2.CC(C)(C)c1ncnc2c1C=CC2. The standard InChI is InChI=1S/2C12H15N.2C11H14N2.CH4/c2*1-12(2,3)10-7-8-13-11-6-4-5-9(10)11;2*1-11(2,3)10-8-5-4-6-9(8)12-7-13-10;/h2*4-5,7-8H,6H2,1-3H3;2*4-5,7H,6H2,1-3H3;1H4. The predicted molar refractivity (Wildman–Crippen MR) is 225 cm³/mol. The molecule has 4 aromatic heterocycles. The molecule has 4 aliphatic carbocycles. The van der Waals surface area contributed by atoms with Crippen molar-refractivity contribution in [3.8, 4) is 0 Å². The van der Waals surface area contributed by atoms with Crippen LogP contribution in [0.2, 0.25) is 0 Å². The normalized spacial score (nSPS) is 14.4. The maximum Gasteiger partial charge on any atom is 0.116 e. The first-order valence-electron chi connectivity index (χ1n) is 18.7. The molecule has 4 aromatic rings. The Morgan fingerprint density at radius 1 is 0.377 bits per heavy atom. The van der Waals surface area contributed by atoms with Gasteiger partial charge in [-0.1, -0.05) is 139 Å². The Morgan fingerprint density at radius 3 is 0.981 bits per heavy atom. The van der Waals surface area contributed by atoms with Gasteiger partial charge in [0.2, 0.25) is 0 Å². The molecule has 0 radical (unpaired) electrons. The van der Waals surface area contributed by atoms with Gasteiger partial charge in [-0.15, -0.1) is 0 Å². The number of fused-ring (bicyclic) bond motifs is 4. The molecular weight excluding hydrogens is 649 g/mol. The lowest BCUT2D eigenvalue weighted by Gasteiger charge is -2.21. The van der Waals surface area contributed by atoms with Gasteiger partial charge in [0.25, 0.3) is 0 Å². The number of hydrogen-bond acceptors (Lipinski definition) is 6. The van der Waals surface area contributed by atoms with Crippen molar-refractivity contribution in [2.75, 3.05) is 0 Å². The predicted octanol–water partition coefficient (Wildman–Crippen LogP) is 11.2. The van der Waals surface area contributed by atoms with Crippen LogP contribution in [0.1, 0.15) is 158 Å². The maximum atomic E-state index is 4.37. The second kappa shape index (κ2) is 16.2. The third-order valence-electron chi connectivity index (χ3n) is 9.50. The summed E-state index contributed by atoms with van der Waals surface area (Å²) in [5.74, 6) is 0. The lowest BCUT2D eigenvalue weighted by molar-refractivity contribution is 0.564. The van der Waals surface area contributed by atoms with Crippen molar-refractivity contribution in [1.82, 2.24) is 29.9 Å². The zero-order valence-electron chi connectivity index (χ0n) is 33.6. The van der Waals surface area contributed by atoms with E-state index in [0.29, 0.717) is 0 Å². The third kappa shape index (κ3) is 9.90. The second-order valence-corrected chi connectivity index (χ2v) is 18.0. The van der Waals surface area contributed by atoms with Gasteiger partial charge < -0.3 is 0 Å². The highest BCUT2D eigenvalue weighted by Crippen LogP contribution is 2.33. The Bertz CT molecular complexity index is 1720. The Kier molecular flexibility index (Phi) is 12.6. The Balaban J connectivity index is 0.000000157. The molecule has 0 aromatic carbocycles.